The molecule has 134 valence electrons. The maximum atomic E-state index is 12.9. The van der Waals surface area contributed by atoms with E-state index in [0.717, 1.165) is 5.56 Å². The van der Waals surface area contributed by atoms with Crippen LogP contribution in [-0.2, 0) is 19.1 Å². The van der Waals surface area contributed by atoms with Crippen molar-refractivity contribution < 1.29 is 19.1 Å². The van der Waals surface area contributed by atoms with Crippen molar-refractivity contribution in [2.45, 2.75) is 31.8 Å². The molecular formula is C18H21ClN2O4. The number of amides is 2. The van der Waals surface area contributed by atoms with Gasteiger partial charge in [-0.25, -0.2) is 0 Å². The van der Waals surface area contributed by atoms with E-state index in [0.29, 0.717) is 18.0 Å². The zero-order valence-electron chi connectivity index (χ0n) is 14.4. The van der Waals surface area contributed by atoms with Crippen molar-refractivity contribution in [3.63, 3.8) is 0 Å². The first-order valence-corrected chi connectivity index (χ1v) is 8.75. The Bertz CT molecular complexity index is 720. The molecule has 1 N–H and O–H groups in total. The van der Waals surface area contributed by atoms with Crippen LogP contribution in [0.1, 0.15) is 31.9 Å². The molecule has 0 spiro atoms. The molecular weight excluding hydrogens is 344 g/mol. The number of methoxy groups -OCH3 is 1. The van der Waals surface area contributed by atoms with Crippen LogP contribution in [0.25, 0.3) is 0 Å². The number of carbonyl (C=O) groups excluding carboxylic acids is 3. The first-order chi connectivity index (χ1) is 11.9. The molecule has 7 heteroatoms. The second-order valence-electron chi connectivity index (χ2n) is 6.41. The minimum atomic E-state index is -1.21. The number of fused-ring (bicyclic) bond motifs is 1. The molecule has 0 saturated carbocycles. The van der Waals surface area contributed by atoms with Crippen LogP contribution in [0, 0.1) is 11.8 Å². The monoisotopic (exact) mass is 364 g/mol. The maximum absolute atomic E-state index is 12.9. The summed E-state index contributed by atoms with van der Waals surface area (Å²) in [4.78, 5) is 39.6. The van der Waals surface area contributed by atoms with Crippen molar-refractivity contribution >= 4 is 29.4 Å². The number of esters is 1. The van der Waals surface area contributed by atoms with Crippen molar-refractivity contribution in [3.8, 4) is 0 Å². The molecule has 2 aliphatic heterocycles. The normalized spacial score (nSPS) is 31.4. The van der Waals surface area contributed by atoms with Crippen LogP contribution >= 0.6 is 11.6 Å². The van der Waals surface area contributed by atoms with Crippen molar-refractivity contribution in [1.82, 2.24) is 10.2 Å². The summed E-state index contributed by atoms with van der Waals surface area (Å²) in [6.45, 7) is 3.86. The van der Waals surface area contributed by atoms with Crippen LogP contribution in [0.3, 0.4) is 0 Å². The summed E-state index contributed by atoms with van der Waals surface area (Å²) in [6.07, 6.45) is 0.349. The molecule has 4 atom stereocenters. The van der Waals surface area contributed by atoms with Crippen LogP contribution in [-0.4, -0.2) is 41.9 Å². The highest BCUT2D eigenvalue weighted by atomic mass is 35.5. The summed E-state index contributed by atoms with van der Waals surface area (Å²) in [5.74, 6) is -2.47. The van der Waals surface area contributed by atoms with Gasteiger partial charge in [0, 0.05) is 17.6 Å². The van der Waals surface area contributed by atoms with Crippen LogP contribution in [0.2, 0.25) is 5.02 Å². The number of likely N-dealkylation sites (tertiary alicyclic amines) is 1. The molecule has 2 saturated heterocycles. The van der Waals surface area contributed by atoms with Gasteiger partial charge in [-0.05, 0) is 31.0 Å². The Labute approximate surface area is 151 Å². The maximum Gasteiger partial charge on any atom is 0.326 e. The van der Waals surface area contributed by atoms with Crippen molar-refractivity contribution in [2.24, 2.45) is 11.8 Å². The van der Waals surface area contributed by atoms with Gasteiger partial charge in [0.1, 0.15) is 5.54 Å². The Morgan fingerprint density at radius 3 is 2.40 bits per heavy atom. The predicted molar refractivity (Wildman–Crippen MR) is 91.7 cm³/mol. The Hall–Kier alpha value is -1.92. The second-order valence-corrected chi connectivity index (χ2v) is 6.85. The Kier molecular flexibility index (Phi) is 4.60. The van der Waals surface area contributed by atoms with E-state index in [1.807, 2.05) is 19.1 Å². The summed E-state index contributed by atoms with van der Waals surface area (Å²) in [5, 5.41) is 3.84. The molecule has 0 unspecified atom stereocenters. The highest BCUT2D eigenvalue weighted by Gasteiger charge is 2.67. The molecule has 25 heavy (non-hydrogen) atoms. The standard InChI is InChI=1S/C18H21ClN2O4/c1-4-18(17(24)25-3)13-12(15(22)21(5-2)16(13)23)14(20-18)10-6-8-11(19)9-7-10/h6-9,12-14,20H,4-5H2,1-3H3/t12-,13-,14-,18-/m0/s1. The third-order valence-corrected chi connectivity index (χ3v) is 5.65. The van der Waals surface area contributed by atoms with Gasteiger partial charge in [0.2, 0.25) is 11.8 Å². The number of benzene rings is 1. The summed E-state index contributed by atoms with van der Waals surface area (Å²) in [7, 11) is 1.30. The van der Waals surface area contributed by atoms with E-state index in [-0.39, 0.29) is 11.8 Å². The van der Waals surface area contributed by atoms with E-state index in [4.69, 9.17) is 16.3 Å². The number of hydrogen-bond acceptors (Lipinski definition) is 5. The number of nitrogens with zero attached hydrogens (tertiary/aromatic N) is 1. The zero-order chi connectivity index (χ0) is 18.4. The minimum Gasteiger partial charge on any atom is -0.468 e. The fourth-order valence-corrected chi connectivity index (χ4v) is 4.29. The van der Waals surface area contributed by atoms with E-state index < -0.39 is 29.4 Å². The molecule has 1 aromatic rings. The average Bonchev–Trinajstić information content (AvgIpc) is 3.10. The molecule has 0 aromatic heterocycles. The van der Waals surface area contributed by atoms with Gasteiger partial charge < -0.3 is 4.74 Å². The topological polar surface area (TPSA) is 75.7 Å². The lowest BCUT2D eigenvalue weighted by Gasteiger charge is -2.31. The van der Waals surface area contributed by atoms with Crippen molar-refractivity contribution in [3.05, 3.63) is 34.9 Å². The lowest BCUT2D eigenvalue weighted by Crippen LogP contribution is -2.55. The van der Waals surface area contributed by atoms with Gasteiger partial charge in [-0.2, -0.15) is 0 Å². The molecule has 0 aliphatic carbocycles. The summed E-state index contributed by atoms with van der Waals surface area (Å²) in [5.41, 5.74) is -0.391. The van der Waals surface area contributed by atoms with Crippen molar-refractivity contribution in [1.29, 1.82) is 0 Å². The number of nitrogens with one attached hydrogen (secondary N) is 1. The van der Waals surface area contributed by atoms with Crippen LogP contribution in [0.4, 0.5) is 0 Å². The smallest absolute Gasteiger partial charge is 0.326 e. The first-order valence-electron chi connectivity index (χ1n) is 8.38. The first kappa shape index (κ1) is 17.9. The van der Waals surface area contributed by atoms with Crippen molar-refractivity contribution in [2.75, 3.05) is 13.7 Å². The number of rotatable bonds is 4. The summed E-state index contributed by atoms with van der Waals surface area (Å²) >= 11 is 5.96. The van der Waals surface area contributed by atoms with Gasteiger partial charge in [0.15, 0.2) is 0 Å². The number of carbonyl (C=O) groups is 3. The van der Waals surface area contributed by atoms with Gasteiger partial charge in [0.05, 0.1) is 18.9 Å². The quantitative estimate of drug-likeness (QED) is 0.652. The SMILES string of the molecule is CCN1C(=O)[C@H]2[C@@H](C1=O)[C@@](CC)(C(=O)OC)N[C@H]2c1ccc(Cl)cc1. The summed E-state index contributed by atoms with van der Waals surface area (Å²) < 4.78 is 4.99. The molecule has 0 bridgehead atoms. The Balaban J connectivity index is 2.13. The fourth-order valence-electron chi connectivity index (χ4n) is 4.17. The highest BCUT2D eigenvalue weighted by molar-refractivity contribution is 6.30. The van der Waals surface area contributed by atoms with Gasteiger partial charge >= 0.3 is 5.97 Å². The third-order valence-electron chi connectivity index (χ3n) is 5.40. The van der Waals surface area contributed by atoms with Crippen LogP contribution in [0.15, 0.2) is 24.3 Å². The number of ether oxygens (including phenoxy) is 1. The molecule has 6 nitrogen and oxygen atoms in total. The van der Waals surface area contributed by atoms with E-state index >= 15 is 0 Å². The Morgan fingerprint density at radius 1 is 1.24 bits per heavy atom. The Morgan fingerprint density at radius 2 is 1.88 bits per heavy atom. The molecule has 2 aliphatic rings. The largest absolute Gasteiger partial charge is 0.468 e. The minimum absolute atomic E-state index is 0.246. The van der Waals surface area contributed by atoms with Crippen LogP contribution < -0.4 is 5.32 Å². The number of halogens is 1. The molecule has 2 amide bonds. The molecule has 3 rings (SSSR count). The second kappa shape index (κ2) is 6.42. The fraction of sp³-hybridized carbons (Fsp3) is 0.500. The number of imide groups is 1. The van der Waals surface area contributed by atoms with Gasteiger partial charge in [-0.1, -0.05) is 30.7 Å². The molecule has 0 radical (unpaired) electrons. The average molecular weight is 365 g/mol. The lowest BCUT2D eigenvalue weighted by molar-refractivity contribution is -0.154. The number of hydrogen-bond donors (Lipinski definition) is 1. The molecule has 2 fully saturated rings. The lowest BCUT2D eigenvalue weighted by atomic mass is 9.78. The van der Waals surface area contributed by atoms with E-state index in [1.54, 1.807) is 19.1 Å². The van der Waals surface area contributed by atoms with Gasteiger partial charge in [-0.15, -0.1) is 0 Å². The third kappa shape index (κ3) is 2.47. The summed E-state index contributed by atoms with van der Waals surface area (Å²) in [6, 6.07) is 6.64. The van der Waals surface area contributed by atoms with E-state index in [2.05, 4.69) is 5.32 Å². The van der Waals surface area contributed by atoms with Gasteiger partial charge in [-0.3, -0.25) is 24.6 Å². The van der Waals surface area contributed by atoms with E-state index in [1.165, 1.54) is 12.0 Å². The predicted octanol–water partition coefficient (Wildman–Crippen LogP) is 1.93. The highest BCUT2D eigenvalue weighted by Crippen LogP contribution is 2.50. The molecule has 2 heterocycles. The van der Waals surface area contributed by atoms with E-state index in [9.17, 15) is 14.4 Å². The van der Waals surface area contributed by atoms with Crippen LogP contribution in [0.5, 0.6) is 0 Å². The van der Waals surface area contributed by atoms with Gasteiger partial charge in [0.25, 0.3) is 0 Å². The zero-order valence-corrected chi connectivity index (χ0v) is 15.2. The molecule has 1 aromatic carbocycles.